The minimum absolute atomic E-state index is 0.0394. The number of carbonyl (C=O) groups is 3. The van der Waals surface area contributed by atoms with Crippen molar-refractivity contribution in [2.24, 2.45) is 40.4 Å². The molecule has 2 unspecified atom stereocenters. The van der Waals surface area contributed by atoms with Gasteiger partial charge in [0.05, 0.1) is 0 Å². The van der Waals surface area contributed by atoms with Crippen molar-refractivity contribution in [1.82, 2.24) is 0 Å². The molecule has 2 fully saturated rings. The van der Waals surface area contributed by atoms with E-state index >= 15 is 0 Å². The molecule has 0 aromatic heterocycles. The lowest BCUT2D eigenvalue weighted by Gasteiger charge is -2.59. The molecule has 0 heterocycles. The van der Waals surface area contributed by atoms with E-state index < -0.39 is 5.41 Å². The van der Waals surface area contributed by atoms with Gasteiger partial charge in [0.15, 0.2) is 0 Å². The molecule has 0 spiro atoms. The Balaban J connectivity index is 2.50. The van der Waals surface area contributed by atoms with Crippen LogP contribution in [0.15, 0.2) is 12.2 Å². The Kier molecular flexibility index (Phi) is 5.83. The molecular weight excluding hydrogens is 300 g/mol. The highest BCUT2D eigenvalue weighted by Crippen LogP contribution is 2.62. The number of aldehydes is 3. The zero-order chi connectivity index (χ0) is 18.0. The Morgan fingerprint density at radius 2 is 1.83 bits per heavy atom. The van der Waals surface area contributed by atoms with Gasteiger partial charge in [-0.05, 0) is 55.3 Å². The smallest absolute Gasteiger partial charge is 0.127 e. The van der Waals surface area contributed by atoms with Gasteiger partial charge in [0.1, 0.15) is 18.9 Å². The second kappa shape index (κ2) is 7.33. The number of carbonyl (C=O) groups excluding carboxylic acids is 3. The third-order valence-corrected chi connectivity index (χ3v) is 6.97. The predicted molar refractivity (Wildman–Crippen MR) is 95.4 cm³/mol. The number of allylic oxidation sites excluding steroid dienone is 2. The number of hydrogen-bond donors (Lipinski definition) is 0. The highest BCUT2D eigenvalue weighted by Gasteiger charge is 2.60. The number of rotatable bonds is 6. The van der Waals surface area contributed by atoms with Crippen LogP contribution >= 0.6 is 0 Å². The Morgan fingerprint density at radius 1 is 1.12 bits per heavy atom. The van der Waals surface area contributed by atoms with E-state index in [0.29, 0.717) is 5.92 Å². The van der Waals surface area contributed by atoms with Gasteiger partial charge in [-0.2, -0.15) is 0 Å². The zero-order valence-electron chi connectivity index (χ0n) is 15.5. The lowest BCUT2D eigenvalue weighted by Crippen LogP contribution is -2.58. The molecule has 0 aromatic carbocycles. The summed E-state index contributed by atoms with van der Waals surface area (Å²) in [4.78, 5) is 35.5. The fraction of sp³-hybridized carbons (Fsp3) is 0.762. The first-order valence-corrected chi connectivity index (χ1v) is 9.42. The van der Waals surface area contributed by atoms with Gasteiger partial charge in [-0.3, -0.25) is 0 Å². The van der Waals surface area contributed by atoms with E-state index in [2.05, 4.69) is 26.8 Å². The van der Waals surface area contributed by atoms with Gasteiger partial charge in [-0.1, -0.05) is 39.8 Å². The zero-order valence-corrected chi connectivity index (χ0v) is 15.5. The molecule has 0 N–H and O–H groups in total. The first-order valence-electron chi connectivity index (χ1n) is 9.42. The minimum Gasteiger partial charge on any atom is -0.303 e. The first-order chi connectivity index (χ1) is 11.4. The quantitative estimate of drug-likeness (QED) is 0.540. The van der Waals surface area contributed by atoms with E-state index in [9.17, 15) is 14.4 Å². The molecule has 0 amide bonds. The van der Waals surface area contributed by atoms with Crippen molar-refractivity contribution in [2.75, 3.05) is 0 Å². The monoisotopic (exact) mass is 332 g/mol. The molecule has 2 aliphatic rings. The van der Waals surface area contributed by atoms with E-state index in [1.807, 2.05) is 13.0 Å². The highest BCUT2D eigenvalue weighted by atomic mass is 16.1. The first kappa shape index (κ1) is 19.1. The summed E-state index contributed by atoms with van der Waals surface area (Å²) in [6.45, 7) is 8.66. The maximum absolute atomic E-state index is 12.5. The fourth-order valence-electron chi connectivity index (χ4n) is 5.44. The van der Waals surface area contributed by atoms with Gasteiger partial charge in [0, 0.05) is 17.3 Å². The van der Waals surface area contributed by atoms with E-state index in [0.717, 1.165) is 51.0 Å². The van der Waals surface area contributed by atoms with Crippen LogP contribution in [0.2, 0.25) is 0 Å². The van der Waals surface area contributed by atoms with Crippen LogP contribution in [0.1, 0.15) is 59.8 Å². The molecule has 134 valence electrons. The number of hydrogen-bond acceptors (Lipinski definition) is 3. The Morgan fingerprint density at radius 3 is 2.38 bits per heavy atom. The summed E-state index contributed by atoms with van der Waals surface area (Å²) in [6, 6.07) is 0. The fourth-order valence-corrected chi connectivity index (χ4v) is 5.44. The third kappa shape index (κ3) is 3.02. The summed E-state index contributed by atoms with van der Waals surface area (Å²) < 4.78 is 0. The van der Waals surface area contributed by atoms with Crippen LogP contribution in [0.25, 0.3) is 0 Å². The average Bonchev–Trinajstić information content (AvgIpc) is 2.57. The molecule has 0 bridgehead atoms. The topological polar surface area (TPSA) is 51.2 Å². The Labute approximate surface area is 146 Å². The largest absolute Gasteiger partial charge is 0.303 e. The normalized spacial score (nSPS) is 39.8. The summed E-state index contributed by atoms with van der Waals surface area (Å²) in [5.41, 5.74) is -0.541. The molecule has 3 heteroatoms. The summed E-state index contributed by atoms with van der Waals surface area (Å²) in [5, 5.41) is 0. The summed E-state index contributed by atoms with van der Waals surface area (Å²) in [5.74, 6) is 0.309. The molecule has 0 saturated heterocycles. The van der Waals surface area contributed by atoms with Gasteiger partial charge >= 0.3 is 0 Å². The second-order valence-corrected chi connectivity index (χ2v) is 8.61. The van der Waals surface area contributed by atoms with Crippen LogP contribution in [0.5, 0.6) is 0 Å². The molecule has 24 heavy (non-hydrogen) atoms. The average molecular weight is 332 g/mol. The van der Waals surface area contributed by atoms with Gasteiger partial charge in [0.2, 0.25) is 0 Å². The molecule has 2 aliphatic carbocycles. The van der Waals surface area contributed by atoms with Crippen LogP contribution in [0.4, 0.5) is 0 Å². The summed E-state index contributed by atoms with van der Waals surface area (Å²) in [6.07, 6.45) is 11.8. The standard InChI is InChI=1S/C21H32O3/c1-5-16(12-22)7-8-18-15(2)6-9-19-20(3,4)11-10-17(13-23)21(18,19)14-24/h7-8,12-19H,5-6,9-11H2,1-4H3/t15-,16?,17?,18+,19+,21-/m1/s1. The van der Waals surface area contributed by atoms with Gasteiger partial charge in [0.25, 0.3) is 0 Å². The third-order valence-electron chi connectivity index (χ3n) is 6.97. The molecule has 0 aliphatic heterocycles. The van der Waals surface area contributed by atoms with Crippen molar-refractivity contribution in [3.05, 3.63) is 12.2 Å². The van der Waals surface area contributed by atoms with Crippen LogP contribution in [-0.2, 0) is 14.4 Å². The van der Waals surface area contributed by atoms with Crippen LogP contribution in [-0.4, -0.2) is 18.9 Å². The molecule has 0 radical (unpaired) electrons. The minimum atomic E-state index is -0.612. The SMILES string of the molecule is CCC(C=O)C=C[C@H]1[C@H](C)CC[C@H]2C(C)(C)CCC(C=O)[C@]12C=O. The van der Waals surface area contributed by atoms with Crippen LogP contribution in [0, 0.1) is 40.4 Å². The Bertz CT molecular complexity index is 507. The van der Waals surface area contributed by atoms with Crippen molar-refractivity contribution in [3.8, 4) is 0 Å². The molecule has 3 nitrogen and oxygen atoms in total. The maximum atomic E-state index is 12.5. The molecule has 6 atom stereocenters. The lowest BCUT2D eigenvalue weighted by atomic mass is 9.43. The van der Waals surface area contributed by atoms with E-state index in [1.165, 1.54) is 0 Å². The van der Waals surface area contributed by atoms with Crippen LogP contribution < -0.4 is 0 Å². The van der Waals surface area contributed by atoms with Gasteiger partial charge in [-0.15, -0.1) is 0 Å². The van der Waals surface area contributed by atoms with Gasteiger partial charge < -0.3 is 14.4 Å². The predicted octanol–water partition coefficient (Wildman–Crippen LogP) is 4.25. The van der Waals surface area contributed by atoms with Crippen molar-refractivity contribution < 1.29 is 14.4 Å². The number of fused-ring (bicyclic) bond motifs is 1. The van der Waals surface area contributed by atoms with Crippen molar-refractivity contribution in [3.63, 3.8) is 0 Å². The highest BCUT2D eigenvalue weighted by molar-refractivity contribution is 5.71. The maximum Gasteiger partial charge on any atom is 0.127 e. The van der Waals surface area contributed by atoms with E-state index in [4.69, 9.17) is 0 Å². The summed E-state index contributed by atoms with van der Waals surface area (Å²) >= 11 is 0. The van der Waals surface area contributed by atoms with E-state index in [1.54, 1.807) is 0 Å². The molecule has 0 aromatic rings. The Hall–Kier alpha value is -1.25. The van der Waals surface area contributed by atoms with Crippen LogP contribution in [0.3, 0.4) is 0 Å². The summed E-state index contributed by atoms with van der Waals surface area (Å²) in [7, 11) is 0. The van der Waals surface area contributed by atoms with Crippen molar-refractivity contribution in [2.45, 2.75) is 59.8 Å². The van der Waals surface area contributed by atoms with E-state index in [-0.39, 0.29) is 29.1 Å². The molecule has 2 saturated carbocycles. The van der Waals surface area contributed by atoms with Crippen molar-refractivity contribution >= 4 is 18.9 Å². The van der Waals surface area contributed by atoms with Gasteiger partial charge in [-0.25, -0.2) is 0 Å². The molecule has 2 rings (SSSR count). The second-order valence-electron chi connectivity index (χ2n) is 8.61. The molecular formula is C21H32O3. The van der Waals surface area contributed by atoms with Crippen molar-refractivity contribution in [1.29, 1.82) is 0 Å². The lowest BCUT2D eigenvalue weighted by molar-refractivity contribution is -0.157.